The molecule has 2 amide bonds. The summed E-state index contributed by atoms with van der Waals surface area (Å²) >= 11 is 1.32. The quantitative estimate of drug-likeness (QED) is 0.417. The zero-order chi connectivity index (χ0) is 24.3. The van der Waals surface area contributed by atoms with Gasteiger partial charge in [-0.25, -0.2) is 9.36 Å². The molecule has 8 nitrogen and oxygen atoms in total. The van der Waals surface area contributed by atoms with Crippen LogP contribution < -0.4 is 16.4 Å². The van der Waals surface area contributed by atoms with Crippen molar-refractivity contribution >= 4 is 34.5 Å². The van der Waals surface area contributed by atoms with Gasteiger partial charge in [0.05, 0.1) is 10.4 Å². The van der Waals surface area contributed by atoms with Crippen molar-refractivity contribution in [2.24, 2.45) is 0 Å². The molecule has 0 aliphatic heterocycles. The molecule has 2 aromatic carbocycles. The van der Waals surface area contributed by atoms with Crippen molar-refractivity contribution in [3.63, 3.8) is 0 Å². The summed E-state index contributed by atoms with van der Waals surface area (Å²) in [4.78, 5) is 37.6. The molecule has 34 heavy (non-hydrogen) atoms. The Kier molecular flexibility index (Phi) is 6.32. The van der Waals surface area contributed by atoms with Crippen molar-refractivity contribution in [3.05, 3.63) is 87.7 Å². The van der Waals surface area contributed by atoms with Gasteiger partial charge in [0.25, 0.3) is 5.91 Å². The third-order valence-corrected chi connectivity index (χ3v) is 5.45. The third kappa shape index (κ3) is 5.23. The Labute approximate surface area is 193 Å². The number of thiophene rings is 1. The van der Waals surface area contributed by atoms with Crippen LogP contribution in [0.5, 0.6) is 0 Å². The van der Waals surface area contributed by atoms with Crippen LogP contribution in [0.1, 0.15) is 15.9 Å². The minimum absolute atomic E-state index is 0.0257. The molecule has 0 saturated carbocycles. The monoisotopic (exact) mass is 488 g/mol. The number of hydrogen-bond donors (Lipinski definition) is 2. The van der Waals surface area contributed by atoms with Crippen LogP contribution in [0.25, 0.3) is 10.7 Å². The topological polar surface area (TPSA) is 106 Å². The van der Waals surface area contributed by atoms with Crippen LogP contribution >= 0.6 is 11.3 Å². The highest BCUT2D eigenvalue weighted by atomic mass is 32.1. The highest BCUT2D eigenvalue weighted by molar-refractivity contribution is 7.13. The molecule has 174 valence electrons. The Balaban J connectivity index is 1.45. The number of alkyl halides is 3. The SMILES string of the molecule is O=C(Cn1c(-c2cccs2)noc1=O)Nc1cccc(C(=O)Nc2cccc(C(F)(F)F)c2)c1. The number of nitrogens with one attached hydrogen (secondary N) is 2. The summed E-state index contributed by atoms with van der Waals surface area (Å²) in [7, 11) is 0. The predicted octanol–water partition coefficient (Wildman–Crippen LogP) is 4.47. The number of anilines is 2. The molecule has 0 saturated heterocycles. The number of hydrogen-bond acceptors (Lipinski definition) is 6. The molecule has 0 spiro atoms. The van der Waals surface area contributed by atoms with Gasteiger partial charge < -0.3 is 10.6 Å². The van der Waals surface area contributed by atoms with Gasteiger partial charge in [-0.2, -0.15) is 13.2 Å². The van der Waals surface area contributed by atoms with Gasteiger partial charge in [-0.1, -0.05) is 23.4 Å². The molecular weight excluding hydrogens is 473 g/mol. The van der Waals surface area contributed by atoms with E-state index >= 15 is 0 Å². The predicted molar refractivity (Wildman–Crippen MR) is 119 cm³/mol. The first-order chi connectivity index (χ1) is 16.2. The van der Waals surface area contributed by atoms with Crippen molar-refractivity contribution in [2.45, 2.75) is 12.7 Å². The average Bonchev–Trinajstić information content (AvgIpc) is 3.44. The molecular formula is C22H15F3N4O4S. The van der Waals surface area contributed by atoms with Gasteiger partial charge in [0.15, 0.2) is 5.82 Å². The lowest BCUT2D eigenvalue weighted by Gasteiger charge is -2.11. The van der Waals surface area contributed by atoms with Crippen LogP contribution in [0.2, 0.25) is 0 Å². The summed E-state index contributed by atoms with van der Waals surface area (Å²) in [5.74, 6) is -1.82. The normalized spacial score (nSPS) is 11.3. The Bertz CT molecular complexity index is 1390. The number of nitrogens with zero attached hydrogens (tertiary/aromatic N) is 2. The largest absolute Gasteiger partial charge is 0.442 e. The fraction of sp³-hybridized carbons (Fsp3) is 0.0909. The first-order valence-corrected chi connectivity index (χ1v) is 10.6. The van der Waals surface area contributed by atoms with Gasteiger partial charge in [0.1, 0.15) is 6.54 Å². The van der Waals surface area contributed by atoms with E-state index in [0.717, 1.165) is 16.7 Å². The maximum Gasteiger partial charge on any atom is 0.442 e. The number of aromatic nitrogens is 2. The second-order valence-electron chi connectivity index (χ2n) is 7.00. The van der Waals surface area contributed by atoms with Crippen molar-refractivity contribution in [2.75, 3.05) is 10.6 Å². The zero-order valence-electron chi connectivity index (χ0n) is 17.1. The van der Waals surface area contributed by atoms with Crippen LogP contribution in [-0.2, 0) is 17.5 Å². The standard InChI is InChI=1S/C22H15F3N4O4S/c23-22(24,25)14-5-2-7-16(11-14)27-20(31)13-4-1-6-15(10-13)26-18(30)12-29-19(28-33-21(29)32)17-8-3-9-34-17/h1-11H,12H2,(H,26,30)(H,27,31). The van der Waals surface area contributed by atoms with Gasteiger partial charge >= 0.3 is 11.9 Å². The maximum atomic E-state index is 12.9. The van der Waals surface area contributed by atoms with E-state index in [9.17, 15) is 27.6 Å². The molecule has 0 radical (unpaired) electrons. The summed E-state index contributed by atoms with van der Waals surface area (Å²) in [6, 6.07) is 13.6. The number of halogens is 3. The molecule has 4 rings (SSSR count). The van der Waals surface area contributed by atoms with E-state index in [1.165, 1.54) is 47.7 Å². The van der Waals surface area contributed by atoms with Crippen molar-refractivity contribution < 1.29 is 27.3 Å². The zero-order valence-corrected chi connectivity index (χ0v) is 17.9. The van der Waals surface area contributed by atoms with E-state index in [1.807, 2.05) is 0 Å². The van der Waals surface area contributed by atoms with Gasteiger partial charge in [-0.15, -0.1) is 11.3 Å². The minimum atomic E-state index is -4.54. The van der Waals surface area contributed by atoms with Crippen molar-refractivity contribution in [1.82, 2.24) is 9.72 Å². The van der Waals surface area contributed by atoms with Crippen LogP contribution in [-0.4, -0.2) is 21.5 Å². The highest BCUT2D eigenvalue weighted by Crippen LogP contribution is 2.30. The molecule has 4 aromatic rings. The minimum Gasteiger partial charge on any atom is -0.325 e. The molecule has 12 heteroatoms. The van der Waals surface area contributed by atoms with Gasteiger partial charge in [0.2, 0.25) is 5.91 Å². The van der Waals surface area contributed by atoms with Gasteiger partial charge in [0, 0.05) is 16.9 Å². The Hall–Kier alpha value is -4.19. The van der Waals surface area contributed by atoms with Crippen LogP contribution in [0.15, 0.2) is 75.4 Å². The Morgan fingerprint density at radius 2 is 1.74 bits per heavy atom. The van der Waals surface area contributed by atoms with Crippen molar-refractivity contribution in [3.8, 4) is 10.7 Å². The van der Waals surface area contributed by atoms with Crippen LogP contribution in [0, 0.1) is 0 Å². The highest BCUT2D eigenvalue weighted by Gasteiger charge is 2.30. The van der Waals surface area contributed by atoms with Crippen LogP contribution in [0.4, 0.5) is 24.5 Å². The second kappa shape index (κ2) is 9.35. The summed E-state index contributed by atoms with van der Waals surface area (Å²) in [6.07, 6.45) is -4.54. The number of carbonyl (C=O) groups excluding carboxylic acids is 2. The smallest absolute Gasteiger partial charge is 0.325 e. The summed E-state index contributed by atoms with van der Waals surface area (Å²) in [6.45, 7) is -0.379. The second-order valence-corrected chi connectivity index (χ2v) is 7.94. The van der Waals surface area contributed by atoms with Crippen molar-refractivity contribution in [1.29, 1.82) is 0 Å². The van der Waals surface area contributed by atoms with Crippen LogP contribution in [0.3, 0.4) is 0 Å². The lowest BCUT2D eigenvalue weighted by atomic mass is 10.1. The average molecular weight is 488 g/mol. The fourth-order valence-electron chi connectivity index (χ4n) is 3.05. The summed E-state index contributed by atoms with van der Waals surface area (Å²) in [5.41, 5.74) is -0.556. The molecule has 0 aliphatic rings. The van der Waals surface area contributed by atoms with Gasteiger partial charge in [-0.3, -0.25) is 14.1 Å². The lowest BCUT2D eigenvalue weighted by molar-refractivity contribution is -0.137. The van der Waals surface area contributed by atoms with E-state index in [2.05, 4.69) is 20.3 Å². The van der Waals surface area contributed by atoms with E-state index in [0.29, 0.717) is 4.88 Å². The molecule has 2 aromatic heterocycles. The molecule has 0 bridgehead atoms. The molecule has 2 heterocycles. The molecule has 2 N–H and O–H groups in total. The van der Waals surface area contributed by atoms with E-state index in [4.69, 9.17) is 0 Å². The number of carbonyl (C=O) groups is 2. The molecule has 0 fully saturated rings. The fourth-order valence-corrected chi connectivity index (χ4v) is 3.76. The Morgan fingerprint density at radius 1 is 1.00 bits per heavy atom. The first kappa shape index (κ1) is 23.0. The van der Waals surface area contributed by atoms with Gasteiger partial charge in [-0.05, 0) is 47.8 Å². The third-order valence-electron chi connectivity index (χ3n) is 4.59. The van der Waals surface area contributed by atoms with E-state index < -0.39 is 29.3 Å². The molecule has 0 atom stereocenters. The first-order valence-electron chi connectivity index (χ1n) is 9.69. The molecule has 0 unspecified atom stereocenters. The summed E-state index contributed by atoms with van der Waals surface area (Å²) in [5, 5.41) is 10.5. The van der Waals surface area contributed by atoms with E-state index in [-0.39, 0.29) is 29.3 Å². The Morgan fingerprint density at radius 3 is 2.44 bits per heavy atom. The molecule has 0 aliphatic carbocycles. The lowest BCUT2D eigenvalue weighted by Crippen LogP contribution is -2.25. The number of rotatable bonds is 6. The summed E-state index contributed by atoms with van der Waals surface area (Å²) < 4.78 is 44.4. The maximum absolute atomic E-state index is 12.9. The number of amides is 2. The number of benzene rings is 2. The van der Waals surface area contributed by atoms with E-state index in [1.54, 1.807) is 17.5 Å².